The Morgan fingerprint density at radius 3 is 2.44 bits per heavy atom. The molecule has 0 aliphatic carbocycles. The third-order valence-corrected chi connectivity index (χ3v) is 7.04. The molecular weight excluding hydrogens is 591 g/mol. The average Bonchev–Trinajstić information content (AvgIpc) is 3.41. The van der Waals surface area contributed by atoms with Gasteiger partial charge in [0.1, 0.15) is 23.1 Å². The van der Waals surface area contributed by atoms with Gasteiger partial charge in [-0.3, -0.25) is 4.79 Å². The van der Waals surface area contributed by atoms with E-state index in [4.69, 9.17) is 37.4 Å². The largest absolute Gasteiger partial charge is 0.496 e. The molecule has 2 N–H and O–H groups in total. The summed E-state index contributed by atoms with van der Waals surface area (Å²) in [6, 6.07) is 23.9. The number of para-hydroxylation sites is 1. The van der Waals surface area contributed by atoms with Crippen LogP contribution in [-0.2, 0) is 0 Å². The van der Waals surface area contributed by atoms with Crippen molar-refractivity contribution in [1.82, 2.24) is 10.4 Å². The Hall–Kier alpha value is -5.30. The van der Waals surface area contributed by atoms with E-state index in [1.807, 2.05) is 12.1 Å². The van der Waals surface area contributed by atoms with Crippen molar-refractivity contribution >= 4 is 52.2 Å². The summed E-state index contributed by atoms with van der Waals surface area (Å²) in [6.45, 7) is 0. The second kappa shape index (κ2) is 12.7. The zero-order chi connectivity index (χ0) is 30.5. The lowest BCUT2D eigenvalue weighted by Crippen LogP contribution is -2.19. The van der Waals surface area contributed by atoms with E-state index in [1.54, 1.807) is 54.6 Å². The zero-order valence-corrected chi connectivity index (χ0v) is 24.3. The number of rotatable bonds is 8. The number of nitrogens with one attached hydrogen (secondary N) is 2. The standard InChI is InChI=1S/C32H22Cl2N4O5/c1-41-25-13-11-20(33)15-23(25)32(40)43-26-12-10-18(14-27(26)42-2)17-36-38-31(39)30-28(21-7-3-4-9-24(21)34)22-8-5-6-19(16-35)29(22)37-30/h3-15,17,37H,1-2H3,(H,38,39). The number of nitrogens with zero attached hydrogens (tertiary/aromatic N) is 2. The number of hydrogen-bond acceptors (Lipinski definition) is 7. The molecule has 11 heteroatoms. The molecule has 0 spiro atoms. The van der Waals surface area contributed by atoms with Crippen molar-refractivity contribution in [3.05, 3.63) is 111 Å². The third-order valence-electron chi connectivity index (χ3n) is 6.48. The number of H-pyrrole nitrogens is 1. The van der Waals surface area contributed by atoms with Crippen LogP contribution >= 0.6 is 23.2 Å². The van der Waals surface area contributed by atoms with Gasteiger partial charge in [0.05, 0.1) is 31.5 Å². The Morgan fingerprint density at radius 2 is 1.70 bits per heavy atom. The predicted octanol–water partition coefficient (Wildman–Crippen LogP) is 7.01. The van der Waals surface area contributed by atoms with E-state index >= 15 is 0 Å². The highest BCUT2D eigenvalue weighted by Crippen LogP contribution is 2.37. The van der Waals surface area contributed by atoms with Gasteiger partial charge in [-0.05, 0) is 54.1 Å². The average molecular weight is 613 g/mol. The van der Waals surface area contributed by atoms with Crippen molar-refractivity contribution in [3.8, 4) is 34.4 Å². The fraction of sp³-hybridized carbons (Fsp3) is 0.0625. The summed E-state index contributed by atoms with van der Waals surface area (Å²) in [5.74, 6) is -0.501. The molecule has 43 heavy (non-hydrogen) atoms. The number of aromatic amines is 1. The molecule has 0 bridgehead atoms. The van der Waals surface area contributed by atoms with E-state index in [0.717, 1.165) is 0 Å². The highest BCUT2D eigenvalue weighted by atomic mass is 35.5. The fourth-order valence-electron chi connectivity index (χ4n) is 4.49. The number of hydrogen-bond donors (Lipinski definition) is 2. The van der Waals surface area contributed by atoms with Crippen LogP contribution in [0.1, 0.15) is 32.0 Å². The molecule has 1 amide bonds. The van der Waals surface area contributed by atoms with Crippen LogP contribution in [0.5, 0.6) is 17.2 Å². The first-order valence-electron chi connectivity index (χ1n) is 12.7. The smallest absolute Gasteiger partial charge is 0.347 e. The molecule has 5 rings (SSSR count). The molecule has 0 saturated heterocycles. The normalized spacial score (nSPS) is 10.9. The number of carbonyl (C=O) groups excluding carboxylic acids is 2. The Kier molecular flexibility index (Phi) is 8.62. The molecule has 0 atom stereocenters. The molecule has 5 aromatic rings. The molecule has 0 saturated carbocycles. The number of methoxy groups -OCH3 is 2. The van der Waals surface area contributed by atoms with E-state index in [0.29, 0.717) is 49.0 Å². The van der Waals surface area contributed by atoms with Gasteiger partial charge < -0.3 is 19.2 Å². The lowest BCUT2D eigenvalue weighted by molar-refractivity contribution is 0.0726. The molecule has 0 aliphatic rings. The van der Waals surface area contributed by atoms with Crippen molar-refractivity contribution in [2.24, 2.45) is 5.10 Å². The quantitative estimate of drug-likeness (QED) is 0.0839. The highest BCUT2D eigenvalue weighted by Gasteiger charge is 2.22. The fourth-order valence-corrected chi connectivity index (χ4v) is 4.89. The summed E-state index contributed by atoms with van der Waals surface area (Å²) < 4.78 is 16.2. The molecule has 1 heterocycles. The maximum absolute atomic E-state index is 13.3. The zero-order valence-electron chi connectivity index (χ0n) is 22.8. The van der Waals surface area contributed by atoms with Gasteiger partial charge in [0, 0.05) is 26.6 Å². The maximum Gasteiger partial charge on any atom is 0.347 e. The predicted molar refractivity (Wildman–Crippen MR) is 164 cm³/mol. The van der Waals surface area contributed by atoms with Gasteiger partial charge in [-0.15, -0.1) is 0 Å². The molecule has 214 valence electrons. The van der Waals surface area contributed by atoms with Crippen LogP contribution in [0.25, 0.3) is 22.0 Å². The van der Waals surface area contributed by atoms with Gasteiger partial charge in [-0.1, -0.05) is 53.5 Å². The van der Waals surface area contributed by atoms with Crippen LogP contribution in [0.4, 0.5) is 0 Å². The monoisotopic (exact) mass is 612 g/mol. The molecule has 0 unspecified atom stereocenters. The van der Waals surface area contributed by atoms with Crippen LogP contribution in [0, 0.1) is 11.3 Å². The van der Waals surface area contributed by atoms with Gasteiger partial charge >= 0.3 is 5.97 Å². The van der Waals surface area contributed by atoms with Crippen LogP contribution < -0.4 is 19.6 Å². The first-order valence-corrected chi connectivity index (χ1v) is 13.5. The number of hydrazone groups is 1. The van der Waals surface area contributed by atoms with Gasteiger partial charge in [-0.25, -0.2) is 10.2 Å². The van der Waals surface area contributed by atoms with Gasteiger partial charge in [-0.2, -0.15) is 10.4 Å². The Balaban J connectivity index is 1.39. The van der Waals surface area contributed by atoms with Crippen molar-refractivity contribution in [1.29, 1.82) is 5.26 Å². The van der Waals surface area contributed by atoms with Gasteiger partial charge in [0.2, 0.25) is 0 Å². The second-order valence-electron chi connectivity index (χ2n) is 9.04. The van der Waals surface area contributed by atoms with Gasteiger partial charge in [0.15, 0.2) is 11.5 Å². The minimum Gasteiger partial charge on any atom is -0.496 e. The summed E-state index contributed by atoms with van der Waals surface area (Å²) in [6.07, 6.45) is 1.41. The number of amides is 1. The van der Waals surface area contributed by atoms with Crippen LogP contribution in [-0.4, -0.2) is 37.3 Å². The number of halogens is 2. The van der Waals surface area contributed by atoms with E-state index in [9.17, 15) is 14.9 Å². The number of fused-ring (bicyclic) bond motifs is 1. The number of esters is 1. The van der Waals surface area contributed by atoms with E-state index in [-0.39, 0.29) is 22.8 Å². The lowest BCUT2D eigenvalue weighted by atomic mass is 10.0. The Morgan fingerprint density at radius 1 is 0.930 bits per heavy atom. The Labute approximate surface area is 256 Å². The highest BCUT2D eigenvalue weighted by molar-refractivity contribution is 6.34. The summed E-state index contributed by atoms with van der Waals surface area (Å²) in [5.41, 5.74) is 5.49. The number of benzene rings is 4. The van der Waals surface area contributed by atoms with Crippen LogP contribution in [0.2, 0.25) is 10.0 Å². The number of carbonyl (C=O) groups is 2. The molecule has 1 aromatic heterocycles. The van der Waals surface area contributed by atoms with Crippen molar-refractivity contribution in [2.75, 3.05) is 14.2 Å². The molecule has 4 aromatic carbocycles. The van der Waals surface area contributed by atoms with E-state index in [1.165, 1.54) is 32.6 Å². The Bertz CT molecular complexity index is 1940. The minimum absolute atomic E-state index is 0.153. The molecule has 9 nitrogen and oxygen atoms in total. The number of ether oxygens (including phenoxy) is 3. The SMILES string of the molecule is COc1cc(C=NNC(=O)c2[nH]c3c(C#N)cccc3c2-c2ccccc2Cl)ccc1OC(=O)c1cc(Cl)ccc1OC. The maximum atomic E-state index is 13.3. The van der Waals surface area contributed by atoms with Crippen LogP contribution in [0.3, 0.4) is 0 Å². The topological polar surface area (TPSA) is 126 Å². The molecule has 0 radical (unpaired) electrons. The van der Waals surface area contributed by atoms with E-state index in [2.05, 4.69) is 21.6 Å². The molecular formula is C32H22Cl2N4O5. The first-order chi connectivity index (χ1) is 20.8. The van der Waals surface area contributed by atoms with Crippen molar-refractivity contribution in [3.63, 3.8) is 0 Å². The van der Waals surface area contributed by atoms with Crippen LogP contribution in [0.15, 0.2) is 84.0 Å². The molecule has 0 aliphatic heterocycles. The second-order valence-corrected chi connectivity index (χ2v) is 9.88. The summed E-state index contributed by atoms with van der Waals surface area (Å²) >= 11 is 12.5. The first kappa shape index (κ1) is 29.2. The van der Waals surface area contributed by atoms with Crippen molar-refractivity contribution < 1.29 is 23.8 Å². The molecule has 0 fully saturated rings. The number of nitriles is 1. The summed E-state index contributed by atoms with van der Waals surface area (Å²) in [7, 11) is 2.86. The third kappa shape index (κ3) is 6.02. The lowest BCUT2D eigenvalue weighted by Gasteiger charge is -2.12. The summed E-state index contributed by atoms with van der Waals surface area (Å²) in [4.78, 5) is 29.2. The van der Waals surface area contributed by atoms with Crippen molar-refractivity contribution in [2.45, 2.75) is 0 Å². The van der Waals surface area contributed by atoms with Gasteiger partial charge in [0.25, 0.3) is 5.91 Å². The summed E-state index contributed by atoms with van der Waals surface area (Å²) in [5, 5.41) is 15.2. The minimum atomic E-state index is -0.682. The number of aromatic nitrogens is 1. The van der Waals surface area contributed by atoms with E-state index < -0.39 is 11.9 Å².